The number of aliphatic hydroxyl groups excluding tert-OH is 1. The first-order valence-corrected chi connectivity index (χ1v) is 8.45. The number of rotatable bonds is 1. The van der Waals surface area contributed by atoms with E-state index in [-0.39, 0.29) is 17.6 Å². The molecule has 1 spiro atoms. The molecule has 0 aromatic heterocycles. The molecule has 3 heterocycles. The van der Waals surface area contributed by atoms with E-state index in [1.54, 1.807) is 7.11 Å². The van der Waals surface area contributed by atoms with Crippen LogP contribution in [-0.2, 0) is 16.6 Å². The van der Waals surface area contributed by atoms with E-state index in [2.05, 4.69) is 23.1 Å². The van der Waals surface area contributed by atoms with Crippen LogP contribution in [0.4, 0.5) is 0 Å². The Kier molecular flexibility index (Phi) is 2.71. The molecule has 3 unspecified atom stereocenters. The highest BCUT2D eigenvalue weighted by molar-refractivity contribution is 5.47. The quantitative estimate of drug-likeness (QED) is 0.857. The van der Waals surface area contributed by atoms with E-state index < -0.39 is 0 Å². The van der Waals surface area contributed by atoms with Crippen molar-refractivity contribution in [2.24, 2.45) is 5.92 Å². The summed E-state index contributed by atoms with van der Waals surface area (Å²) in [6.07, 6.45) is 3.78. The lowest BCUT2D eigenvalue weighted by Crippen LogP contribution is -2.64. The van der Waals surface area contributed by atoms with E-state index in [1.165, 1.54) is 11.1 Å². The van der Waals surface area contributed by atoms with Crippen LogP contribution in [0.2, 0.25) is 0 Å². The topological polar surface area (TPSA) is 41.9 Å². The molecule has 4 heteroatoms. The van der Waals surface area contributed by atoms with Crippen molar-refractivity contribution in [2.45, 2.75) is 49.3 Å². The van der Waals surface area contributed by atoms with Crippen LogP contribution in [-0.4, -0.2) is 48.6 Å². The smallest absolute Gasteiger partial charge is 0.119 e. The zero-order valence-corrected chi connectivity index (χ0v) is 13.0. The molecule has 5 bridgehead atoms. The summed E-state index contributed by atoms with van der Waals surface area (Å²) in [7, 11) is 1.73. The van der Waals surface area contributed by atoms with Gasteiger partial charge in [0.15, 0.2) is 0 Å². The van der Waals surface area contributed by atoms with Gasteiger partial charge in [0.1, 0.15) is 5.75 Å². The number of hydrogen-bond donors (Lipinski definition) is 1. The van der Waals surface area contributed by atoms with Crippen LogP contribution >= 0.6 is 0 Å². The zero-order chi connectivity index (χ0) is 14.9. The molecule has 6 rings (SSSR count). The van der Waals surface area contributed by atoms with Crippen LogP contribution in [0, 0.1) is 5.92 Å². The Balaban J connectivity index is 1.77. The summed E-state index contributed by atoms with van der Waals surface area (Å²) in [5, 5.41) is 10.6. The van der Waals surface area contributed by atoms with Gasteiger partial charge in [-0.3, -0.25) is 4.90 Å². The fraction of sp³-hybridized carbons (Fsp3) is 0.667. The average Bonchev–Trinajstić information content (AvgIpc) is 2.76. The van der Waals surface area contributed by atoms with Crippen LogP contribution in [0.15, 0.2) is 18.2 Å². The number of hydrogen-bond acceptors (Lipinski definition) is 4. The number of benzene rings is 1. The highest BCUT2D eigenvalue weighted by atomic mass is 16.5. The van der Waals surface area contributed by atoms with E-state index >= 15 is 0 Å². The molecule has 5 aliphatic rings. The predicted molar refractivity (Wildman–Crippen MR) is 82.0 cm³/mol. The molecule has 4 fully saturated rings. The third-order valence-electron chi connectivity index (χ3n) is 6.71. The van der Waals surface area contributed by atoms with Gasteiger partial charge in [0, 0.05) is 18.0 Å². The maximum Gasteiger partial charge on any atom is 0.119 e. The van der Waals surface area contributed by atoms with Crippen molar-refractivity contribution in [1.82, 2.24) is 4.90 Å². The van der Waals surface area contributed by atoms with Gasteiger partial charge in [0.2, 0.25) is 0 Å². The molecule has 1 N–H and O–H groups in total. The first-order valence-electron chi connectivity index (χ1n) is 8.45. The van der Waals surface area contributed by atoms with E-state index in [1.807, 2.05) is 0 Å². The summed E-state index contributed by atoms with van der Waals surface area (Å²) < 4.78 is 11.7. The first-order chi connectivity index (χ1) is 10.7. The molecular weight excluding hydrogens is 278 g/mol. The number of ether oxygens (including phenoxy) is 2. The van der Waals surface area contributed by atoms with E-state index in [0.717, 1.165) is 38.0 Å². The van der Waals surface area contributed by atoms with Gasteiger partial charge in [0.05, 0.1) is 26.0 Å². The Morgan fingerprint density at radius 3 is 3.14 bits per heavy atom. The van der Waals surface area contributed by atoms with Gasteiger partial charge in [0.25, 0.3) is 0 Å². The molecule has 1 aromatic carbocycles. The third-order valence-corrected chi connectivity index (χ3v) is 6.71. The summed E-state index contributed by atoms with van der Waals surface area (Å²) in [6, 6.07) is 7.09. The lowest BCUT2D eigenvalue weighted by molar-refractivity contribution is -0.109. The minimum atomic E-state index is -0.341. The minimum absolute atomic E-state index is 0.0164. The van der Waals surface area contributed by atoms with E-state index in [9.17, 15) is 5.11 Å². The molecule has 1 saturated carbocycles. The molecule has 0 amide bonds. The van der Waals surface area contributed by atoms with Crippen molar-refractivity contribution in [2.75, 3.05) is 20.4 Å². The third kappa shape index (κ3) is 1.48. The summed E-state index contributed by atoms with van der Waals surface area (Å²) in [5.74, 6) is 1.53. The zero-order valence-electron chi connectivity index (χ0n) is 13.0. The Morgan fingerprint density at radius 2 is 2.27 bits per heavy atom. The lowest BCUT2D eigenvalue weighted by Gasteiger charge is -2.58. The average molecular weight is 301 g/mol. The second-order valence-electron chi connectivity index (χ2n) is 7.36. The van der Waals surface area contributed by atoms with Crippen LogP contribution in [0.25, 0.3) is 0 Å². The van der Waals surface area contributed by atoms with Gasteiger partial charge >= 0.3 is 0 Å². The van der Waals surface area contributed by atoms with Crippen LogP contribution in [0.5, 0.6) is 5.75 Å². The Labute approximate surface area is 131 Å². The lowest BCUT2D eigenvalue weighted by atomic mass is 9.51. The Hall–Kier alpha value is -1.10. The standard InChI is InChI=1S/C18H23NO3/c1-21-12-3-2-11-8-15-13-4-5-16(20)17-18(13,14(11)9-12)6-7-19(15)10-22-17/h2-3,9,13,15-17,20H,4-8,10H2,1H3/t13-,15+,16?,17?,18-/m0/s1. The number of nitrogens with zero attached hydrogens (tertiary/aromatic N) is 1. The summed E-state index contributed by atoms with van der Waals surface area (Å²) in [6.45, 7) is 1.76. The second-order valence-corrected chi connectivity index (χ2v) is 7.36. The summed E-state index contributed by atoms with van der Waals surface area (Å²) in [4.78, 5) is 2.51. The fourth-order valence-electron chi connectivity index (χ4n) is 5.80. The molecule has 3 saturated heterocycles. The fourth-order valence-corrected chi connectivity index (χ4v) is 5.80. The molecule has 6 atom stereocenters. The maximum atomic E-state index is 10.6. The molecule has 118 valence electrons. The number of aliphatic hydroxyl groups is 1. The van der Waals surface area contributed by atoms with Gasteiger partial charge in [-0.1, -0.05) is 6.07 Å². The normalized spacial score (nSPS) is 45.1. The van der Waals surface area contributed by atoms with Gasteiger partial charge in [-0.05, 0) is 54.9 Å². The molecule has 4 nitrogen and oxygen atoms in total. The van der Waals surface area contributed by atoms with Crippen molar-refractivity contribution < 1.29 is 14.6 Å². The maximum absolute atomic E-state index is 10.6. The van der Waals surface area contributed by atoms with Gasteiger partial charge in [-0.2, -0.15) is 0 Å². The minimum Gasteiger partial charge on any atom is -0.497 e. The first kappa shape index (κ1) is 13.3. The van der Waals surface area contributed by atoms with Crippen molar-refractivity contribution >= 4 is 0 Å². The second kappa shape index (κ2) is 4.47. The number of fused-ring (bicyclic) bond motifs is 3. The van der Waals surface area contributed by atoms with Crippen molar-refractivity contribution in [3.63, 3.8) is 0 Å². The van der Waals surface area contributed by atoms with Gasteiger partial charge < -0.3 is 14.6 Å². The molecule has 22 heavy (non-hydrogen) atoms. The van der Waals surface area contributed by atoms with Crippen molar-refractivity contribution in [1.29, 1.82) is 0 Å². The molecule has 2 aliphatic carbocycles. The monoisotopic (exact) mass is 301 g/mol. The number of methoxy groups -OCH3 is 1. The molecule has 3 aliphatic heterocycles. The summed E-state index contributed by atoms with van der Waals surface area (Å²) >= 11 is 0. The van der Waals surface area contributed by atoms with Crippen LogP contribution in [0.3, 0.4) is 0 Å². The summed E-state index contributed by atoms with van der Waals surface area (Å²) in [5.41, 5.74) is 2.80. The predicted octanol–water partition coefficient (Wildman–Crippen LogP) is 1.69. The highest BCUT2D eigenvalue weighted by Gasteiger charge is 2.62. The number of piperidine rings is 1. The molecule has 1 aromatic rings. The molecular formula is C18H23NO3. The van der Waals surface area contributed by atoms with E-state index in [4.69, 9.17) is 9.47 Å². The van der Waals surface area contributed by atoms with Crippen LogP contribution in [0.1, 0.15) is 30.4 Å². The van der Waals surface area contributed by atoms with Crippen molar-refractivity contribution in [3.05, 3.63) is 29.3 Å². The largest absolute Gasteiger partial charge is 0.497 e. The Morgan fingerprint density at radius 1 is 1.36 bits per heavy atom. The van der Waals surface area contributed by atoms with Gasteiger partial charge in [-0.15, -0.1) is 0 Å². The SMILES string of the molecule is COc1ccc2c(c1)[C@@]13CCN4COC1C(O)CC[C@H]3[C@H]4C2. The Bertz CT molecular complexity index is 618. The highest BCUT2D eigenvalue weighted by Crippen LogP contribution is 2.58. The van der Waals surface area contributed by atoms with Gasteiger partial charge in [-0.25, -0.2) is 0 Å². The van der Waals surface area contributed by atoms with E-state index in [0.29, 0.717) is 18.7 Å². The van der Waals surface area contributed by atoms with Crippen LogP contribution < -0.4 is 4.74 Å². The van der Waals surface area contributed by atoms with Crippen molar-refractivity contribution in [3.8, 4) is 5.75 Å². The molecule has 0 radical (unpaired) electrons.